The molecule has 0 N–H and O–H groups in total. The van der Waals surface area contributed by atoms with E-state index in [0.717, 1.165) is 25.8 Å². The minimum atomic E-state index is -0.589. The number of ether oxygens (including phenoxy) is 1. The van der Waals surface area contributed by atoms with Crippen LogP contribution in [0.3, 0.4) is 0 Å². The number of benzene rings is 1. The summed E-state index contributed by atoms with van der Waals surface area (Å²) in [6.45, 7) is 3.17. The third kappa shape index (κ3) is 2.93. The van der Waals surface area contributed by atoms with Crippen LogP contribution in [-0.4, -0.2) is 35.3 Å². The highest BCUT2D eigenvalue weighted by Gasteiger charge is 2.50. The molecule has 2 heterocycles. The van der Waals surface area contributed by atoms with Gasteiger partial charge in [-0.15, -0.1) is 0 Å². The van der Waals surface area contributed by atoms with Crippen LogP contribution >= 0.6 is 0 Å². The number of Topliss-reactive ketones (excluding diaryl/α,β-unsaturated/α-hetero) is 1. The Morgan fingerprint density at radius 3 is 2.77 bits per heavy atom. The van der Waals surface area contributed by atoms with E-state index in [1.165, 1.54) is 5.56 Å². The molecule has 118 valence electrons. The van der Waals surface area contributed by atoms with Crippen LogP contribution < -0.4 is 0 Å². The summed E-state index contributed by atoms with van der Waals surface area (Å²) >= 11 is 0. The maximum Gasteiger partial charge on any atom is 0.318 e. The van der Waals surface area contributed by atoms with Crippen molar-refractivity contribution in [1.29, 1.82) is 0 Å². The molecule has 1 aromatic rings. The number of carbonyl (C=O) groups is 2. The Labute approximate surface area is 131 Å². The molecule has 22 heavy (non-hydrogen) atoms. The first-order chi connectivity index (χ1) is 10.7. The van der Waals surface area contributed by atoms with Gasteiger partial charge in [-0.05, 0) is 24.8 Å². The number of carbonyl (C=O) groups excluding carboxylic acids is 2. The normalized spacial score (nSPS) is 27.9. The molecule has 2 aliphatic heterocycles. The van der Waals surface area contributed by atoms with Crippen LogP contribution in [0.2, 0.25) is 0 Å². The van der Waals surface area contributed by atoms with Gasteiger partial charge in [0.05, 0.1) is 6.61 Å². The lowest BCUT2D eigenvalue weighted by molar-refractivity contribution is -0.157. The quantitative estimate of drug-likeness (QED) is 0.619. The molecular formula is C18H23NO3. The average molecular weight is 301 g/mol. The van der Waals surface area contributed by atoms with Crippen LogP contribution in [0.1, 0.15) is 38.2 Å². The minimum Gasteiger partial charge on any atom is -0.465 e. The fraction of sp³-hybridized carbons (Fsp3) is 0.556. The van der Waals surface area contributed by atoms with E-state index in [1.807, 2.05) is 25.1 Å². The Balaban J connectivity index is 1.75. The molecule has 4 nitrogen and oxygen atoms in total. The molecule has 2 bridgehead atoms. The molecule has 2 aliphatic rings. The summed E-state index contributed by atoms with van der Waals surface area (Å²) in [6, 6.07) is 10.5. The van der Waals surface area contributed by atoms with E-state index in [2.05, 4.69) is 17.0 Å². The summed E-state index contributed by atoms with van der Waals surface area (Å²) < 4.78 is 5.26. The maximum absolute atomic E-state index is 12.3. The molecule has 4 heteroatoms. The summed E-state index contributed by atoms with van der Waals surface area (Å²) in [5.41, 5.74) is 1.23. The monoisotopic (exact) mass is 301 g/mol. The second-order valence-corrected chi connectivity index (χ2v) is 6.27. The molecule has 0 aliphatic carbocycles. The minimum absolute atomic E-state index is 0.0100. The maximum atomic E-state index is 12.3. The van der Waals surface area contributed by atoms with Crippen molar-refractivity contribution in [2.45, 2.75) is 51.2 Å². The number of nitrogens with zero attached hydrogens (tertiary/aromatic N) is 1. The Morgan fingerprint density at radius 1 is 1.27 bits per heavy atom. The summed E-state index contributed by atoms with van der Waals surface area (Å²) in [7, 11) is 0. The molecule has 2 saturated heterocycles. The van der Waals surface area contributed by atoms with Gasteiger partial charge in [-0.2, -0.15) is 0 Å². The highest BCUT2D eigenvalue weighted by atomic mass is 16.5. The molecule has 0 saturated carbocycles. The molecule has 0 unspecified atom stereocenters. The molecule has 2 fully saturated rings. The largest absolute Gasteiger partial charge is 0.465 e. The van der Waals surface area contributed by atoms with Gasteiger partial charge in [0.15, 0.2) is 0 Å². The van der Waals surface area contributed by atoms with E-state index in [0.29, 0.717) is 13.0 Å². The van der Waals surface area contributed by atoms with Crippen molar-refractivity contribution in [2.24, 2.45) is 5.92 Å². The molecule has 0 spiro atoms. The SMILES string of the molecule is CCCOC(=O)[C@@H]1C(=O)C[C@@H]2CC[C@H]1N2Cc1ccccc1. The summed E-state index contributed by atoms with van der Waals surface area (Å²) in [4.78, 5) is 27.0. The fourth-order valence-electron chi connectivity index (χ4n) is 3.74. The van der Waals surface area contributed by atoms with Crippen LogP contribution in [-0.2, 0) is 20.9 Å². The Bertz CT molecular complexity index is 543. The third-order valence-corrected chi connectivity index (χ3v) is 4.77. The smallest absolute Gasteiger partial charge is 0.318 e. The first-order valence-electron chi connectivity index (χ1n) is 8.19. The lowest BCUT2D eigenvalue weighted by atomic mass is 9.88. The fourth-order valence-corrected chi connectivity index (χ4v) is 3.74. The topological polar surface area (TPSA) is 46.6 Å². The number of ketones is 1. The molecule has 0 amide bonds. The zero-order valence-corrected chi connectivity index (χ0v) is 13.0. The molecule has 1 aromatic carbocycles. The summed E-state index contributed by atoms with van der Waals surface area (Å²) in [5.74, 6) is -0.845. The van der Waals surface area contributed by atoms with E-state index in [-0.39, 0.29) is 23.8 Å². The summed E-state index contributed by atoms with van der Waals surface area (Å²) in [6.07, 6.45) is 3.18. The van der Waals surface area contributed by atoms with Crippen molar-refractivity contribution in [3.63, 3.8) is 0 Å². The van der Waals surface area contributed by atoms with E-state index < -0.39 is 5.92 Å². The van der Waals surface area contributed by atoms with Gasteiger partial charge in [0.25, 0.3) is 0 Å². The highest BCUT2D eigenvalue weighted by Crippen LogP contribution is 2.39. The van der Waals surface area contributed by atoms with Gasteiger partial charge in [-0.3, -0.25) is 14.5 Å². The number of piperidine rings is 1. The predicted molar refractivity (Wildman–Crippen MR) is 83.2 cm³/mol. The molecule has 0 radical (unpaired) electrons. The molecular weight excluding hydrogens is 278 g/mol. The predicted octanol–water partition coefficient (Wildman–Crippen LogP) is 2.56. The molecule has 3 rings (SSSR count). The van der Waals surface area contributed by atoms with Gasteiger partial charge in [0, 0.05) is 25.0 Å². The molecule has 3 atom stereocenters. The van der Waals surface area contributed by atoms with E-state index in [9.17, 15) is 9.59 Å². The van der Waals surface area contributed by atoms with Crippen molar-refractivity contribution < 1.29 is 14.3 Å². The average Bonchev–Trinajstić information content (AvgIpc) is 2.79. The number of rotatable bonds is 5. The van der Waals surface area contributed by atoms with Crippen LogP contribution in [0.4, 0.5) is 0 Å². The second kappa shape index (κ2) is 6.61. The van der Waals surface area contributed by atoms with Gasteiger partial charge in [-0.25, -0.2) is 0 Å². The zero-order valence-electron chi connectivity index (χ0n) is 13.0. The Morgan fingerprint density at radius 2 is 2.05 bits per heavy atom. The standard InChI is InChI=1S/C18H23NO3/c1-2-10-22-18(21)17-15-9-8-14(11-16(17)20)19(15)12-13-6-4-3-5-7-13/h3-7,14-15,17H,2,8-12H2,1H3/t14-,15+,17-/m0/s1. The van der Waals surface area contributed by atoms with E-state index in [1.54, 1.807) is 0 Å². The Hall–Kier alpha value is -1.68. The van der Waals surface area contributed by atoms with Gasteiger partial charge in [-0.1, -0.05) is 37.3 Å². The summed E-state index contributed by atoms with van der Waals surface area (Å²) in [5, 5.41) is 0. The van der Waals surface area contributed by atoms with Crippen molar-refractivity contribution >= 4 is 11.8 Å². The lowest BCUT2D eigenvalue weighted by Crippen LogP contribution is -2.51. The van der Waals surface area contributed by atoms with Crippen LogP contribution in [0.25, 0.3) is 0 Å². The van der Waals surface area contributed by atoms with Gasteiger partial charge < -0.3 is 4.74 Å². The number of esters is 1. The Kier molecular flexibility index (Phi) is 4.57. The second-order valence-electron chi connectivity index (χ2n) is 6.27. The highest BCUT2D eigenvalue weighted by molar-refractivity contribution is 6.01. The van der Waals surface area contributed by atoms with Crippen molar-refractivity contribution in [2.75, 3.05) is 6.61 Å². The number of hydrogen-bond donors (Lipinski definition) is 0. The van der Waals surface area contributed by atoms with Crippen molar-refractivity contribution in [3.05, 3.63) is 35.9 Å². The van der Waals surface area contributed by atoms with Crippen LogP contribution in [0.5, 0.6) is 0 Å². The van der Waals surface area contributed by atoms with E-state index in [4.69, 9.17) is 4.74 Å². The van der Waals surface area contributed by atoms with Crippen LogP contribution in [0.15, 0.2) is 30.3 Å². The molecule has 0 aromatic heterocycles. The number of hydrogen-bond acceptors (Lipinski definition) is 4. The van der Waals surface area contributed by atoms with Crippen molar-refractivity contribution in [1.82, 2.24) is 4.90 Å². The third-order valence-electron chi connectivity index (χ3n) is 4.77. The van der Waals surface area contributed by atoms with Gasteiger partial charge in [0.1, 0.15) is 11.7 Å². The van der Waals surface area contributed by atoms with E-state index >= 15 is 0 Å². The number of fused-ring (bicyclic) bond motifs is 2. The first-order valence-corrected chi connectivity index (χ1v) is 8.19. The van der Waals surface area contributed by atoms with Crippen LogP contribution in [0, 0.1) is 5.92 Å². The zero-order chi connectivity index (χ0) is 15.5. The van der Waals surface area contributed by atoms with Gasteiger partial charge >= 0.3 is 5.97 Å². The van der Waals surface area contributed by atoms with Crippen molar-refractivity contribution in [3.8, 4) is 0 Å². The first kappa shape index (κ1) is 15.2. The lowest BCUT2D eigenvalue weighted by Gasteiger charge is -2.38. The van der Waals surface area contributed by atoms with Gasteiger partial charge in [0.2, 0.25) is 0 Å².